The van der Waals surface area contributed by atoms with Crippen molar-refractivity contribution in [3.8, 4) is 0 Å². The van der Waals surface area contributed by atoms with Crippen LogP contribution in [0.25, 0.3) is 0 Å². The lowest BCUT2D eigenvalue weighted by molar-refractivity contribution is -0.160. The zero-order chi connectivity index (χ0) is 24.5. The number of halogens is 2. The molecule has 4 rings (SSSR count). The number of aromatic nitrogens is 1. The summed E-state index contributed by atoms with van der Waals surface area (Å²) < 4.78 is 0. The minimum atomic E-state index is -1.09. The number of piperidine rings is 1. The Labute approximate surface area is 209 Å². The lowest BCUT2D eigenvalue weighted by Gasteiger charge is -2.51. The first kappa shape index (κ1) is 24.2. The van der Waals surface area contributed by atoms with Crippen LogP contribution in [-0.4, -0.2) is 26.9 Å². The Hall–Kier alpha value is -2.89. The van der Waals surface area contributed by atoms with Gasteiger partial charge in [0, 0.05) is 22.2 Å². The van der Waals surface area contributed by atoms with E-state index in [1.807, 2.05) is 72.5 Å². The maximum atomic E-state index is 14.1. The lowest BCUT2D eigenvalue weighted by atomic mass is 9.67. The van der Waals surface area contributed by atoms with E-state index in [4.69, 9.17) is 23.2 Å². The van der Waals surface area contributed by atoms with Crippen LogP contribution in [0.1, 0.15) is 61.5 Å². The molecule has 0 unspecified atom stereocenters. The molecular weight excluding hydrogens is 471 g/mol. The summed E-state index contributed by atoms with van der Waals surface area (Å²) >= 11 is 12.5. The molecule has 1 aliphatic heterocycles. The summed E-state index contributed by atoms with van der Waals surface area (Å²) in [6.07, 6.45) is 1.81. The Bertz CT molecular complexity index is 1190. The summed E-state index contributed by atoms with van der Waals surface area (Å²) in [7, 11) is 0. The molecule has 2 aromatic carbocycles. The predicted molar refractivity (Wildman–Crippen MR) is 133 cm³/mol. The second-order valence-corrected chi connectivity index (χ2v) is 10.0. The summed E-state index contributed by atoms with van der Waals surface area (Å²) in [5.41, 5.74) is 1.52. The van der Waals surface area contributed by atoms with Gasteiger partial charge in [0.15, 0.2) is 0 Å². The van der Waals surface area contributed by atoms with E-state index in [2.05, 4.69) is 4.98 Å². The van der Waals surface area contributed by atoms with E-state index < -0.39 is 11.4 Å². The van der Waals surface area contributed by atoms with Gasteiger partial charge in [-0.2, -0.15) is 0 Å². The Balaban J connectivity index is 1.92. The van der Waals surface area contributed by atoms with Gasteiger partial charge in [0.2, 0.25) is 5.91 Å². The van der Waals surface area contributed by atoms with Gasteiger partial charge in [-0.05, 0) is 60.9 Å². The van der Waals surface area contributed by atoms with Crippen LogP contribution in [0.5, 0.6) is 0 Å². The highest BCUT2D eigenvalue weighted by Crippen LogP contribution is 2.53. The molecule has 3 aromatic rings. The summed E-state index contributed by atoms with van der Waals surface area (Å²) in [5, 5.41) is 10.9. The molecule has 0 spiro atoms. The smallest absolute Gasteiger partial charge is 0.304 e. The number of hydrogen-bond donors (Lipinski definition) is 1. The molecule has 4 atom stereocenters. The van der Waals surface area contributed by atoms with Gasteiger partial charge in [0.1, 0.15) is 0 Å². The Morgan fingerprint density at radius 1 is 1.09 bits per heavy atom. The average molecular weight is 497 g/mol. The highest BCUT2D eigenvalue weighted by atomic mass is 35.5. The van der Waals surface area contributed by atoms with Crippen LogP contribution < -0.4 is 0 Å². The number of rotatable bonds is 6. The number of carbonyl (C=O) groups is 2. The van der Waals surface area contributed by atoms with E-state index in [1.165, 1.54) is 0 Å². The maximum absolute atomic E-state index is 14.1. The standard InChI is InChI=1S/C27H26Cl2N2O3/c1-17(23-8-3-4-13-30-23)31-25(18-9-11-20(28)12-10-18)22(19-6-5-7-21(29)14-19)15-27(2,26(31)34)16-24(32)33/h3-14,17,22,25H,15-16H2,1-2H3,(H,32,33)/t17-,22+,25+,27+/m0/s1. The van der Waals surface area contributed by atoms with Crippen LogP contribution in [0, 0.1) is 5.41 Å². The molecule has 5 nitrogen and oxygen atoms in total. The van der Waals surface area contributed by atoms with Crippen molar-refractivity contribution < 1.29 is 14.7 Å². The molecule has 1 saturated heterocycles. The van der Waals surface area contributed by atoms with E-state index in [9.17, 15) is 14.7 Å². The third-order valence-electron chi connectivity index (χ3n) is 6.66. The minimum absolute atomic E-state index is 0.187. The van der Waals surface area contributed by atoms with Crippen LogP contribution in [0.3, 0.4) is 0 Å². The molecule has 176 valence electrons. The largest absolute Gasteiger partial charge is 0.481 e. The van der Waals surface area contributed by atoms with Crippen molar-refractivity contribution in [2.45, 2.75) is 44.7 Å². The van der Waals surface area contributed by atoms with E-state index in [0.717, 1.165) is 16.8 Å². The number of aliphatic carboxylic acids is 1. The molecule has 7 heteroatoms. The molecule has 1 aromatic heterocycles. The summed E-state index contributed by atoms with van der Waals surface area (Å²) in [6, 6.07) is 19.9. The second-order valence-electron chi connectivity index (χ2n) is 9.14. The molecule has 1 N–H and O–H groups in total. The third kappa shape index (κ3) is 4.82. The van der Waals surface area contributed by atoms with Crippen molar-refractivity contribution in [1.29, 1.82) is 0 Å². The number of nitrogens with zero attached hydrogens (tertiary/aromatic N) is 2. The quantitative estimate of drug-likeness (QED) is 0.412. The molecule has 34 heavy (non-hydrogen) atoms. The second kappa shape index (κ2) is 9.77. The topological polar surface area (TPSA) is 70.5 Å². The van der Waals surface area contributed by atoms with Crippen LogP contribution in [-0.2, 0) is 9.59 Å². The maximum Gasteiger partial charge on any atom is 0.304 e. The zero-order valence-corrected chi connectivity index (χ0v) is 20.5. The summed E-state index contributed by atoms with van der Waals surface area (Å²) in [6.45, 7) is 3.68. The average Bonchev–Trinajstić information content (AvgIpc) is 2.81. The number of hydrogen-bond acceptors (Lipinski definition) is 3. The van der Waals surface area contributed by atoms with Crippen molar-refractivity contribution in [2.75, 3.05) is 0 Å². The van der Waals surface area contributed by atoms with Gasteiger partial charge in [-0.1, -0.05) is 60.5 Å². The fraction of sp³-hybridized carbons (Fsp3) is 0.296. The molecule has 1 amide bonds. The van der Waals surface area contributed by atoms with Gasteiger partial charge < -0.3 is 10.0 Å². The molecule has 1 fully saturated rings. The first-order chi connectivity index (χ1) is 16.2. The van der Waals surface area contributed by atoms with Crippen LogP contribution in [0.4, 0.5) is 0 Å². The lowest BCUT2D eigenvalue weighted by Crippen LogP contribution is -2.53. The summed E-state index contributed by atoms with van der Waals surface area (Å²) in [5.74, 6) is -1.39. The van der Waals surface area contributed by atoms with Crippen molar-refractivity contribution >= 4 is 35.1 Å². The SMILES string of the molecule is C[C@@H](c1ccccn1)N1C(=O)[C@@](C)(CC(=O)O)C[C@H](c2cccc(Cl)c2)[C@H]1c1ccc(Cl)cc1. The van der Waals surface area contributed by atoms with Gasteiger partial charge in [-0.25, -0.2) is 0 Å². The third-order valence-corrected chi connectivity index (χ3v) is 7.15. The number of carbonyl (C=O) groups excluding carboxylic acids is 1. The Morgan fingerprint density at radius 3 is 2.44 bits per heavy atom. The Morgan fingerprint density at radius 2 is 1.82 bits per heavy atom. The highest BCUT2D eigenvalue weighted by molar-refractivity contribution is 6.30. The highest BCUT2D eigenvalue weighted by Gasteiger charge is 2.52. The van der Waals surface area contributed by atoms with E-state index in [1.54, 1.807) is 19.2 Å². The van der Waals surface area contributed by atoms with Crippen molar-refractivity contribution in [3.05, 3.63) is 99.8 Å². The van der Waals surface area contributed by atoms with Gasteiger partial charge in [-0.15, -0.1) is 0 Å². The zero-order valence-electron chi connectivity index (χ0n) is 19.0. The molecule has 0 bridgehead atoms. The summed E-state index contributed by atoms with van der Waals surface area (Å²) in [4.78, 5) is 32.2. The molecule has 0 aliphatic carbocycles. The predicted octanol–water partition coefficient (Wildman–Crippen LogP) is 6.69. The molecule has 0 saturated carbocycles. The molecule has 2 heterocycles. The van der Waals surface area contributed by atoms with Crippen LogP contribution in [0.15, 0.2) is 72.9 Å². The number of carboxylic acid groups (broad SMARTS) is 1. The first-order valence-corrected chi connectivity index (χ1v) is 11.9. The van der Waals surface area contributed by atoms with E-state index >= 15 is 0 Å². The number of likely N-dealkylation sites (tertiary alicyclic amines) is 1. The fourth-order valence-corrected chi connectivity index (χ4v) is 5.40. The number of carboxylic acids is 1. The van der Waals surface area contributed by atoms with Gasteiger partial charge >= 0.3 is 5.97 Å². The fourth-order valence-electron chi connectivity index (χ4n) is 5.07. The van der Waals surface area contributed by atoms with Crippen LogP contribution in [0.2, 0.25) is 10.0 Å². The number of amides is 1. The van der Waals surface area contributed by atoms with Crippen molar-refractivity contribution in [3.63, 3.8) is 0 Å². The monoisotopic (exact) mass is 496 g/mol. The molecule has 1 aliphatic rings. The van der Waals surface area contributed by atoms with Crippen molar-refractivity contribution in [2.24, 2.45) is 5.41 Å². The Kier molecular flexibility index (Phi) is 6.96. The first-order valence-electron chi connectivity index (χ1n) is 11.2. The van der Waals surface area contributed by atoms with Gasteiger partial charge in [0.25, 0.3) is 0 Å². The normalized spacial score (nSPS) is 23.5. The van der Waals surface area contributed by atoms with Crippen molar-refractivity contribution in [1.82, 2.24) is 9.88 Å². The number of benzene rings is 2. The van der Waals surface area contributed by atoms with Gasteiger partial charge in [0.05, 0.1) is 29.6 Å². The molecular formula is C27H26Cl2N2O3. The minimum Gasteiger partial charge on any atom is -0.481 e. The number of pyridine rings is 1. The van der Waals surface area contributed by atoms with Gasteiger partial charge in [-0.3, -0.25) is 14.6 Å². The van der Waals surface area contributed by atoms with E-state index in [-0.39, 0.29) is 30.3 Å². The van der Waals surface area contributed by atoms with E-state index in [0.29, 0.717) is 16.5 Å². The molecule has 0 radical (unpaired) electrons. The van der Waals surface area contributed by atoms with Crippen LogP contribution >= 0.6 is 23.2 Å².